The van der Waals surface area contributed by atoms with Gasteiger partial charge in [-0.2, -0.15) is 0 Å². The van der Waals surface area contributed by atoms with E-state index in [1.165, 1.54) is 0 Å². The van der Waals surface area contributed by atoms with Crippen LogP contribution in [0, 0.1) is 0 Å². The van der Waals surface area contributed by atoms with Crippen molar-refractivity contribution in [3.8, 4) is 0 Å². The van der Waals surface area contributed by atoms with E-state index >= 15 is 0 Å². The number of fused-ring (bicyclic) bond motifs is 1. The van der Waals surface area contributed by atoms with Gasteiger partial charge in [0.25, 0.3) is 0 Å². The van der Waals surface area contributed by atoms with Gasteiger partial charge in [0.2, 0.25) is 5.91 Å². The fourth-order valence-corrected chi connectivity index (χ4v) is 2.35. The molecule has 18 heavy (non-hydrogen) atoms. The first-order valence-corrected chi connectivity index (χ1v) is 6.45. The fraction of sp³-hybridized carbons (Fsp3) is 0.0714. The third-order valence-electron chi connectivity index (χ3n) is 2.91. The van der Waals surface area contributed by atoms with Gasteiger partial charge in [0.05, 0.1) is 11.4 Å². The van der Waals surface area contributed by atoms with Crippen molar-refractivity contribution in [2.24, 2.45) is 0 Å². The van der Waals surface area contributed by atoms with Crippen LogP contribution in [0.25, 0.3) is 0 Å². The molecule has 0 radical (unpaired) electrons. The molecular weight excluding hydrogens is 292 g/mol. The highest BCUT2D eigenvalue weighted by molar-refractivity contribution is 9.10. The number of nitrogens with zero attached hydrogens (tertiary/aromatic N) is 1. The van der Waals surface area contributed by atoms with Crippen molar-refractivity contribution in [1.29, 1.82) is 0 Å². The van der Waals surface area contributed by atoms with Crippen molar-refractivity contribution in [2.75, 3.05) is 16.8 Å². The molecule has 1 aliphatic heterocycles. The number of carbonyl (C=O) groups excluding carboxylic acids is 1. The maximum Gasteiger partial charge on any atom is 0.244 e. The van der Waals surface area contributed by atoms with Crippen molar-refractivity contribution < 1.29 is 4.79 Å². The van der Waals surface area contributed by atoms with Crippen LogP contribution in [0.4, 0.5) is 17.1 Å². The number of anilines is 3. The lowest BCUT2D eigenvalue weighted by molar-refractivity contribution is -0.115. The molecule has 0 aromatic heterocycles. The summed E-state index contributed by atoms with van der Waals surface area (Å²) in [5.74, 6) is 0.0108. The van der Waals surface area contributed by atoms with Crippen LogP contribution < -0.4 is 10.2 Å². The number of nitrogens with one attached hydrogen (secondary N) is 1. The monoisotopic (exact) mass is 302 g/mol. The van der Waals surface area contributed by atoms with Gasteiger partial charge in [-0.1, -0.05) is 28.1 Å². The molecule has 0 atom stereocenters. The lowest BCUT2D eigenvalue weighted by atomic mass is 10.1. The first kappa shape index (κ1) is 11.3. The Bertz CT molecular complexity index is 595. The van der Waals surface area contributed by atoms with E-state index in [4.69, 9.17) is 0 Å². The second kappa shape index (κ2) is 4.46. The second-order valence-electron chi connectivity index (χ2n) is 4.13. The molecule has 1 N–H and O–H groups in total. The Morgan fingerprint density at radius 2 is 1.78 bits per heavy atom. The molecule has 0 saturated carbocycles. The minimum Gasteiger partial charge on any atom is -0.330 e. The summed E-state index contributed by atoms with van der Waals surface area (Å²) in [7, 11) is 0. The predicted molar refractivity (Wildman–Crippen MR) is 76.2 cm³/mol. The van der Waals surface area contributed by atoms with Crippen molar-refractivity contribution in [1.82, 2.24) is 0 Å². The smallest absolute Gasteiger partial charge is 0.244 e. The molecular formula is C14H11BrN2O. The highest BCUT2D eigenvalue weighted by atomic mass is 79.9. The van der Waals surface area contributed by atoms with Crippen molar-refractivity contribution >= 4 is 38.9 Å². The van der Waals surface area contributed by atoms with Gasteiger partial charge in [-0.3, -0.25) is 4.79 Å². The van der Waals surface area contributed by atoms with E-state index in [0.29, 0.717) is 6.54 Å². The summed E-state index contributed by atoms with van der Waals surface area (Å²) in [5, 5.41) is 2.88. The van der Waals surface area contributed by atoms with Crippen LogP contribution in [0.3, 0.4) is 0 Å². The average molecular weight is 303 g/mol. The number of halogens is 1. The first-order chi connectivity index (χ1) is 8.74. The fourth-order valence-electron chi connectivity index (χ4n) is 2.08. The lowest BCUT2D eigenvalue weighted by Crippen LogP contribution is -2.34. The Kier molecular flexibility index (Phi) is 2.80. The van der Waals surface area contributed by atoms with E-state index in [-0.39, 0.29) is 5.91 Å². The number of para-hydroxylation sites is 2. The molecule has 0 aliphatic carbocycles. The molecule has 3 nitrogen and oxygen atoms in total. The molecule has 1 amide bonds. The van der Waals surface area contributed by atoms with Gasteiger partial charge in [-0.25, -0.2) is 0 Å². The first-order valence-electron chi connectivity index (χ1n) is 5.66. The molecule has 0 unspecified atom stereocenters. The third kappa shape index (κ3) is 1.99. The molecule has 90 valence electrons. The Hall–Kier alpha value is -1.81. The van der Waals surface area contributed by atoms with E-state index in [1.54, 1.807) is 0 Å². The van der Waals surface area contributed by atoms with Crippen LogP contribution in [0.2, 0.25) is 0 Å². The summed E-state index contributed by atoms with van der Waals surface area (Å²) in [4.78, 5) is 13.7. The quantitative estimate of drug-likeness (QED) is 0.874. The maximum atomic E-state index is 11.7. The van der Waals surface area contributed by atoms with E-state index in [9.17, 15) is 4.79 Å². The molecule has 3 rings (SSSR count). The number of hydrogen-bond donors (Lipinski definition) is 1. The Morgan fingerprint density at radius 1 is 1.06 bits per heavy atom. The zero-order valence-corrected chi connectivity index (χ0v) is 11.1. The van der Waals surface area contributed by atoms with Crippen LogP contribution in [0.1, 0.15) is 0 Å². The molecule has 4 heteroatoms. The zero-order valence-electron chi connectivity index (χ0n) is 9.56. The van der Waals surface area contributed by atoms with Gasteiger partial charge < -0.3 is 10.2 Å². The minimum absolute atomic E-state index is 0.0108. The predicted octanol–water partition coefficient (Wildman–Crippen LogP) is 3.54. The van der Waals surface area contributed by atoms with Crippen molar-refractivity contribution in [3.63, 3.8) is 0 Å². The average Bonchev–Trinajstić information content (AvgIpc) is 2.38. The Morgan fingerprint density at radius 3 is 2.56 bits per heavy atom. The summed E-state index contributed by atoms with van der Waals surface area (Å²) < 4.78 is 1.03. The normalized spacial score (nSPS) is 14.1. The van der Waals surface area contributed by atoms with Gasteiger partial charge in [0, 0.05) is 10.2 Å². The topological polar surface area (TPSA) is 32.3 Å². The molecule has 1 aliphatic rings. The van der Waals surface area contributed by atoms with Gasteiger partial charge in [0.1, 0.15) is 6.54 Å². The molecule has 2 aromatic carbocycles. The van der Waals surface area contributed by atoms with Crippen LogP contribution >= 0.6 is 15.9 Å². The van der Waals surface area contributed by atoms with Gasteiger partial charge in [-0.15, -0.1) is 0 Å². The maximum absolute atomic E-state index is 11.7. The van der Waals surface area contributed by atoms with Crippen molar-refractivity contribution in [2.45, 2.75) is 0 Å². The summed E-state index contributed by atoms with van der Waals surface area (Å²) >= 11 is 3.42. The molecule has 0 fully saturated rings. The van der Waals surface area contributed by atoms with E-state index in [0.717, 1.165) is 21.5 Å². The SMILES string of the molecule is O=C1CN(c2ccc(Br)cc2)c2ccccc2N1. The summed E-state index contributed by atoms with van der Waals surface area (Å²) in [6, 6.07) is 15.8. The lowest BCUT2D eigenvalue weighted by Gasteiger charge is -2.30. The second-order valence-corrected chi connectivity index (χ2v) is 5.04. The third-order valence-corrected chi connectivity index (χ3v) is 3.44. The van der Waals surface area contributed by atoms with Gasteiger partial charge in [-0.05, 0) is 36.4 Å². The number of amides is 1. The standard InChI is InChI=1S/C14H11BrN2O/c15-10-5-7-11(8-6-10)17-9-14(18)16-12-3-1-2-4-13(12)17/h1-8H,9H2,(H,16,18). The Balaban J connectivity index is 2.07. The van der Waals surface area contributed by atoms with Gasteiger partial charge in [0.15, 0.2) is 0 Å². The number of benzene rings is 2. The molecule has 0 saturated heterocycles. The highest BCUT2D eigenvalue weighted by Gasteiger charge is 2.22. The summed E-state index contributed by atoms with van der Waals surface area (Å²) in [5.41, 5.74) is 2.90. The van der Waals surface area contributed by atoms with E-state index in [2.05, 4.69) is 21.2 Å². The molecule has 0 spiro atoms. The zero-order chi connectivity index (χ0) is 12.5. The van der Waals surface area contributed by atoms with E-state index in [1.807, 2.05) is 53.4 Å². The number of hydrogen-bond acceptors (Lipinski definition) is 2. The minimum atomic E-state index is 0.0108. The van der Waals surface area contributed by atoms with Crippen LogP contribution in [0.15, 0.2) is 53.0 Å². The summed E-state index contributed by atoms with van der Waals surface area (Å²) in [6.45, 7) is 0.346. The van der Waals surface area contributed by atoms with Crippen molar-refractivity contribution in [3.05, 3.63) is 53.0 Å². The summed E-state index contributed by atoms with van der Waals surface area (Å²) in [6.07, 6.45) is 0. The largest absolute Gasteiger partial charge is 0.330 e. The molecule has 2 aromatic rings. The van der Waals surface area contributed by atoms with E-state index < -0.39 is 0 Å². The van der Waals surface area contributed by atoms with Crippen LogP contribution in [0.5, 0.6) is 0 Å². The highest BCUT2D eigenvalue weighted by Crippen LogP contribution is 2.34. The molecule has 1 heterocycles. The van der Waals surface area contributed by atoms with Crippen LogP contribution in [-0.2, 0) is 4.79 Å². The number of carbonyl (C=O) groups is 1. The van der Waals surface area contributed by atoms with Crippen LogP contribution in [-0.4, -0.2) is 12.5 Å². The number of rotatable bonds is 1. The molecule has 0 bridgehead atoms. The van der Waals surface area contributed by atoms with Gasteiger partial charge >= 0.3 is 0 Å². The Labute approximate surface area is 114 Å².